The Hall–Kier alpha value is -3.17. The van der Waals surface area contributed by atoms with Crippen LogP contribution in [0, 0.1) is 19.3 Å². The van der Waals surface area contributed by atoms with E-state index >= 15 is 0 Å². The van der Waals surface area contributed by atoms with Gasteiger partial charge in [-0.15, -0.1) is 6.42 Å². The molecule has 12 heteroatoms. The van der Waals surface area contributed by atoms with Gasteiger partial charge >= 0.3 is 10.1 Å². The number of hydrogen-bond acceptors (Lipinski definition) is 9. The molecule has 182 valence electrons. The van der Waals surface area contributed by atoms with E-state index in [0.717, 1.165) is 0 Å². The number of aryl methyl sites for hydroxylation is 1. The van der Waals surface area contributed by atoms with Gasteiger partial charge in [0.25, 0.3) is 0 Å². The van der Waals surface area contributed by atoms with Gasteiger partial charge in [-0.1, -0.05) is 18.0 Å². The number of carbonyl (C=O) groups excluding carboxylic acids is 1. The number of aromatic nitrogens is 2. The van der Waals surface area contributed by atoms with Gasteiger partial charge in [-0.3, -0.25) is 4.79 Å². The molecule has 0 saturated carbocycles. The van der Waals surface area contributed by atoms with E-state index in [0.29, 0.717) is 17.7 Å². The molecule has 0 unspecified atom stereocenters. The van der Waals surface area contributed by atoms with E-state index < -0.39 is 25.7 Å². The van der Waals surface area contributed by atoms with Crippen molar-refractivity contribution in [3.63, 3.8) is 0 Å². The molecule has 0 spiro atoms. The highest BCUT2D eigenvalue weighted by Gasteiger charge is 2.33. The second-order valence-corrected chi connectivity index (χ2v) is 11.3. The second-order valence-electron chi connectivity index (χ2n) is 7.55. The molecule has 1 aliphatic rings. The highest BCUT2D eigenvalue weighted by molar-refractivity contribution is 7.91. The molecule has 0 aliphatic carbocycles. The van der Waals surface area contributed by atoms with Crippen molar-refractivity contribution in [3.8, 4) is 18.2 Å². The van der Waals surface area contributed by atoms with Crippen molar-refractivity contribution in [2.24, 2.45) is 5.16 Å². The lowest BCUT2D eigenvalue weighted by atomic mass is 9.93. The average Bonchev–Trinajstić information content (AvgIpc) is 3.17. The fourth-order valence-corrected chi connectivity index (χ4v) is 6.19. The summed E-state index contributed by atoms with van der Waals surface area (Å²) in [5, 5.41) is 8.07. The predicted octanol–water partition coefficient (Wildman–Crippen LogP) is 2.09. The third-order valence-corrected chi connectivity index (χ3v) is 8.29. The first-order valence-corrected chi connectivity index (χ1v) is 13.8. The summed E-state index contributed by atoms with van der Waals surface area (Å²) in [4.78, 5) is 18.6. The largest absolute Gasteiger partial charge is 0.382 e. The van der Waals surface area contributed by atoms with E-state index in [1.165, 1.54) is 23.0 Å². The van der Waals surface area contributed by atoms with Gasteiger partial charge in [-0.25, -0.2) is 13.1 Å². The molecule has 0 fully saturated rings. The first-order chi connectivity index (χ1) is 16.1. The number of carbonyl (C=O) groups is 1. The molecule has 34 heavy (non-hydrogen) atoms. The topological polar surface area (TPSA) is 134 Å². The molecule has 1 aromatic carbocycles. The van der Waals surface area contributed by atoms with Gasteiger partial charge in [0.15, 0.2) is 22.2 Å². The third-order valence-electron chi connectivity index (χ3n) is 5.22. The monoisotopic (exact) mass is 507 g/mol. The van der Waals surface area contributed by atoms with Crippen LogP contribution in [0.2, 0.25) is 0 Å². The molecule has 1 aromatic heterocycles. The van der Waals surface area contributed by atoms with Crippen molar-refractivity contribution >= 4 is 31.5 Å². The minimum Gasteiger partial charge on any atom is -0.382 e. The number of sulfone groups is 1. The first-order valence-electron chi connectivity index (χ1n) is 10.6. The van der Waals surface area contributed by atoms with Crippen LogP contribution < -0.4 is 4.18 Å². The number of nitrogens with zero attached hydrogens (tertiary/aromatic N) is 3. The molecule has 10 nitrogen and oxygen atoms in total. The Morgan fingerprint density at radius 3 is 2.68 bits per heavy atom. The van der Waals surface area contributed by atoms with E-state index in [2.05, 4.69) is 16.2 Å². The summed E-state index contributed by atoms with van der Waals surface area (Å²) in [6.07, 6.45) is 6.86. The zero-order valence-corrected chi connectivity index (χ0v) is 20.7. The summed E-state index contributed by atoms with van der Waals surface area (Å²) in [6.45, 7) is 5.21. The van der Waals surface area contributed by atoms with Crippen molar-refractivity contribution in [2.45, 2.75) is 45.1 Å². The first kappa shape index (κ1) is 25.5. The Kier molecular flexibility index (Phi) is 7.48. The van der Waals surface area contributed by atoms with Gasteiger partial charge in [0.2, 0.25) is 5.88 Å². The van der Waals surface area contributed by atoms with Crippen LogP contribution in [-0.2, 0) is 31.3 Å². The zero-order chi connectivity index (χ0) is 25.1. The Labute approximate surface area is 199 Å². The third kappa shape index (κ3) is 5.00. The van der Waals surface area contributed by atoms with E-state index in [-0.39, 0.29) is 58.5 Å². The number of benzene rings is 1. The smallest absolute Gasteiger partial charge is 0.310 e. The quantitative estimate of drug-likeness (QED) is 0.166. The standard InChI is InChI=1S/C22H25N3O7S2/c1-5-11-31-24-18-10-13-33(27,28)19-9-8-16(15(4)20(18)19)21(26)17-14-23-25(7-3)22(17)32-34(29,30)12-6-2/h1,8-9,14H,6-7,10-13H2,2-4H3. The Morgan fingerprint density at radius 1 is 1.29 bits per heavy atom. The van der Waals surface area contributed by atoms with Gasteiger partial charge in [-0.2, -0.15) is 13.5 Å². The Balaban J connectivity index is 2.14. The van der Waals surface area contributed by atoms with Crippen LogP contribution in [0.15, 0.2) is 28.4 Å². The maximum absolute atomic E-state index is 13.5. The van der Waals surface area contributed by atoms with Crippen molar-refractivity contribution in [3.05, 3.63) is 40.6 Å². The van der Waals surface area contributed by atoms with Gasteiger partial charge < -0.3 is 9.02 Å². The minimum atomic E-state index is -3.93. The Morgan fingerprint density at radius 2 is 2.03 bits per heavy atom. The molecule has 0 atom stereocenters. The Bertz CT molecular complexity index is 1400. The maximum Gasteiger partial charge on any atom is 0.310 e. The minimum absolute atomic E-state index is 0.0436. The van der Waals surface area contributed by atoms with Gasteiger partial charge in [0.05, 0.1) is 28.3 Å². The highest BCUT2D eigenvalue weighted by atomic mass is 32.2. The molecule has 0 amide bonds. The molecule has 3 rings (SSSR count). The lowest BCUT2D eigenvalue weighted by molar-refractivity contribution is 0.103. The molecule has 0 bridgehead atoms. The van der Waals surface area contributed by atoms with E-state index in [4.69, 9.17) is 15.4 Å². The van der Waals surface area contributed by atoms with Crippen molar-refractivity contribution in [1.82, 2.24) is 9.78 Å². The summed E-state index contributed by atoms with van der Waals surface area (Å²) in [7, 11) is -7.51. The van der Waals surface area contributed by atoms with Gasteiger partial charge in [-0.05, 0) is 38.0 Å². The van der Waals surface area contributed by atoms with Crippen LogP contribution in [0.4, 0.5) is 0 Å². The fraction of sp³-hybridized carbons (Fsp3) is 0.409. The van der Waals surface area contributed by atoms with Crippen LogP contribution in [0.3, 0.4) is 0 Å². The van der Waals surface area contributed by atoms with Crippen LogP contribution in [0.25, 0.3) is 0 Å². The molecular formula is C22H25N3O7S2. The van der Waals surface area contributed by atoms with Crippen molar-refractivity contribution < 1.29 is 30.7 Å². The molecule has 1 aliphatic heterocycles. The summed E-state index contributed by atoms with van der Waals surface area (Å²) < 4.78 is 56.4. The zero-order valence-electron chi connectivity index (χ0n) is 19.1. The second kappa shape index (κ2) is 9.99. The lowest BCUT2D eigenvalue weighted by Crippen LogP contribution is -2.25. The molecule has 2 aromatic rings. The summed E-state index contributed by atoms with van der Waals surface area (Å²) in [6, 6.07) is 2.74. The highest BCUT2D eigenvalue weighted by Crippen LogP contribution is 2.32. The molecule has 0 saturated heterocycles. The van der Waals surface area contributed by atoms with E-state index in [9.17, 15) is 21.6 Å². The van der Waals surface area contributed by atoms with Gasteiger partial charge in [0, 0.05) is 24.1 Å². The van der Waals surface area contributed by atoms with E-state index in [1.54, 1.807) is 20.8 Å². The average molecular weight is 508 g/mol. The normalized spacial score (nSPS) is 16.0. The molecule has 0 N–H and O–H groups in total. The number of hydrogen-bond donors (Lipinski definition) is 0. The van der Waals surface area contributed by atoms with Gasteiger partial charge in [0.1, 0.15) is 5.56 Å². The van der Waals surface area contributed by atoms with Crippen LogP contribution >= 0.6 is 0 Å². The summed E-state index contributed by atoms with van der Waals surface area (Å²) in [5.74, 6) is 1.17. The number of oxime groups is 1. The predicted molar refractivity (Wildman–Crippen MR) is 125 cm³/mol. The summed E-state index contributed by atoms with van der Waals surface area (Å²) >= 11 is 0. The number of rotatable bonds is 9. The van der Waals surface area contributed by atoms with Crippen molar-refractivity contribution in [1.29, 1.82) is 0 Å². The van der Waals surface area contributed by atoms with Crippen molar-refractivity contribution in [2.75, 3.05) is 18.1 Å². The SMILES string of the molecule is C#CCON=C1CCS(=O)(=O)c2ccc(C(=O)c3cnn(CC)c3OS(=O)(=O)CCC)c(C)c21. The molecule has 2 heterocycles. The number of terminal acetylenes is 1. The van der Waals surface area contributed by atoms with Crippen LogP contribution in [0.1, 0.15) is 53.7 Å². The maximum atomic E-state index is 13.5. The lowest BCUT2D eigenvalue weighted by Gasteiger charge is -2.21. The summed E-state index contributed by atoms with van der Waals surface area (Å²) in [5.41, 5.74) is 1.11. The number of ketones is 1. The van der Waals surface area contributed by atoms with Crippen LogP contribution in [-0.4, -0.2) is 56.2 Å². The van der Waals surface area contributed by atoms with E-state index in [1.807, 2.05) is 0 Å². The molecular weight excluding hydrogens is 482 g/mol. The number of fused-ring (bicyclic) bond motifs is 1. The van der Waals surface area contributed by atoms with Crippen LogP contribution in [0.5, 0.6) is 5.88 Å². The molecule has 0 radical (unpaired) electrons. The fourth-order valence-electron chi connectivity index (χ4n) is 3.66.